The normalized spacial score (nSPS) is 10.6. The third-order valence-electron chi connectivity index (χ3n) is 4.27. The Morgan fingerprint density at radius 3 is 1.88 bits per heavy atom. The fourth-order valence-corrected chi connectivity index (χ4v) is 2.21. The summed E-state index contributed by atoms with van der Waals surface area (Å²) in [4.78, 5) is 21.8. The van der Waals surface area contributed by atoms with Gasteiger partial charge in [0.25, 0.3) is 0 Å². The maximum absolute atomic E-state index is 10.9. The van der Waals surface area contributed by atoms with Gasteiger partial charge in [0.2, 0.25) is 0 Å². The lowest BCUT2D eigenvalue weighted by molar-refractivity contribution is 0.00304. The molecule has 0 aliphatic carbocycles. The van der Waals surface area contributed by atoms with E-state index in [0.717, 1.165) is 30.1 Å². The summed E-state index contributed by atoms with van der Waals surface area (Å²) in [5, 5.41) is 26.0. The monoisotopic (exact) mass is 340 g/mol. The van der Waals surface area contributed by atoms with Crippen molar-refractivity contribution in [3.63, 3.8) is 0 Å². The molecule has 1 aromatic rings. The van der Waals surface area contributed by atoms with Crippen molar-refractivity contribution >= 4 is 12.6 Å². The number of benzene rings is 1. The SMILES string of the molecule is CCC(CO)(CO)CO.CCc1cc(C=O)c(OC)c(C)c1C=O. The van der Waals surface area contributed by atoms with Gasteiger partial charge in [0, 0.05) is 16.5 Å². The maximum atomic E-state index is 10.9. The Morgan fingerprint density at radius 1 is 1.08 bits per heavy atom. The first kappa shape index (κ1) is 22.2. The molecule has 0 fully saturated rings. The fourth-order valence-electron chi connectivity index (χ4n) is 2.21. The Morgan fingerprint density at radius 2 is 1.62 bits per heavy atom. The first-order valence-electron chi connectivity index (χ1n) is 7.87. The van der Waals surface area contributed by atoms with E-state index < -0.39 is 5.41 Å². The number of aldehydes is 2. The Bertz CT molecular complexity index is 517. The van der Waals surface area contributed by atoms with Gasteiger partial charge >= 0.3 is 0 Å². The summed E-state index contributed by atoms with van der Waals surface area (Å²) in [7, 11) is 1.50. The predicted molar refractivity (Wildman–Crippen MR) is 91.9 cm³/mol. The molecule has 3 N–H and O–H groups in total. The van der Waals surface area contributed by atoms with Crippen molar-refractivity contribution in [2.24, 2.45) is 5.41 Å². The first-order chi connectivity index (χ1) is 11.4. The zero-order chi connectivity index (χ0) is 18.8. The quantitative estimate of drug-likeness (QED) is 0.620. The van der Waals surface area contributed by atoms with Crippen LogP contribution in [0.2, 0.25) is 0 Å². The van der Waals surface area contributed by atoms with Gasteiger partial charge in [0.15, 0.2) is 12.6 Å². The molecule has 0 saturated heterocycles. The molecule has 1 aromatic carbocycles. The van der Waals surface area contributed by atoms with Crippen molar-refractivity contribution in [1.29, 1.82) is 0 Å². The fraction of sp³-hybridized carbons (Fsp3) is 0.556. The van der Waals surface area contributed by atoms with E-state index >= 15 is 0 Å². The molecule has 0 heterocycles. The lowest BCUT2D eigenvalue weighted by Gasteiger charge is -2.24. The van der Waals surface area contributed by atoms with Gasteiger partial charge in [0.1, 0.15) is 5.75 Å². The van der Waals surface area contributed by atoms with Gasteiger partial charge in [-0.05, 0) is 31.4 Å². The van der Waals surface area contributed by atoms with Gasteiger partial charge in [0.05, 0.1) is 32.5 Å². The van der Waals surface area contributed by atoms with E-state index in [9.17, 15) is 9.59 Å². The van der Waals surface area contributed by atoms with Crippen molar-refractivity contribution in [3.05, 3.63) is 28.3 Å². The zero-order valence-corrected chi connectivity index (χ0v) is 14.8. The third-order valence-corrected chi connectivity index (χ3v) is 4.27. The number of rotatable bonds is 8. The van der Waals surface area contributed by atoms with Gasteiger partial charge < -0.3 is 20.1 Å². The van der Waals surface area contributed by atoms with E-state index in [1.54, 1.807) is 13.0 Å². The molecule has 0 bridgehead atoms. The summed E-state index contributed by atoms with van der Waals surface area (Å²) in [5.74, 6) is 0.490. The number of aliphatic hydroxyl groups excluding tert-OH is 3. The molecule has 136 valence electrons. The molecule has 0 aliphatic heterocycles. The van der Waals surface area contributed by atoms with Crippen LogP contribution in [0.25, 0.3) is 0 Å². The van der Waals surface area contributed by atoms with E-state index in [0.29, 0.717) is 23.3 Å². The minimum Gasteiger partial charge on any atom is -0.496 e. The lowest BCUT2D eigenvalue weighted by atomic mass is 9.88. The average Bonchev–Trinajstić information content (AvgIpc) is 2.63. The largest absolute Gasteiger partial charge is 0.496 e. The van der Waals surface area contributed by atoms with Crippen LogP contribution in [0.3, 0.4) is 0 Å². The van der Waals surface area contributed by atoms with Crippen LogP contribution in [0.15, 0.2) is 6.07 Å². The Kier molecular flexibility index (Phi) is 10.1. The van der Waals surface area contributed by atoms with Crippen molar-refractivity contribution in [3.8, 4) is 5.75 Å². The number of carbonyl (C=O) groups excluding carboxylic acids is 2. The van der Waals surface area contributed by atoms with Gasteiger partial charge in [-0.2, -0.15) is 0 Å². The van der Waals surface area contributed by atoms with Crippen molar-refractivity contribution in [2.45, 2.75) is 33.6 Å². The van der Waals surface area contributed by atoms with Crippen LogP contribution in [-0.2, 0) is 6.42 Å². The first-order valence-corrected chi connectivity index (χ1v) is 7.87. The summed E-state index contributed by atoms with van der Waals surface area (Å²) in [6.45, 7) is 5.09. The van der Waals surface area contributed by atoms with E-state index in [-0.39, 0.29) is 19.8 Å². The Hall–Kier alpha value is -1.76. The van der Waals surface area contributed by atoms with Crippen LogP contribution in [-0.4, -0.2) is 54.8 Å². The molecule has 0 radical (unpaired) electrons. The highest BCUT2D eigenvalue weighted by Crippen LogP contribution is 2.27. The molecule has 0 amide bonds. The summed E-state index contributed by atoms with van der Waals surface area (Å²) < 4.78 is 5.12. The standard InChI is InChI=1S/C12H14O3.C6H14O3/c1-4-9-5-10(6-13)12(15-3)8(2)11(9)7-14;1-2-6(3-7,4-8)5-9/h5-7H,4H2,1-3H3;7-9H,2-5H2,1H3. The smallest absolute Gasteiger partial charge is 0.153 e. The second-order valence-corrected chi connectivity index (χ2v) is 5.61. The third kappa shape index (κ3) is 5.12. The molecule has 24 heavy (non-hydrogen) atoms. The summed E-state index contributed by atoms with van der Waals surface area (Å²) in [6.07, 6.45) is 2.88. The predicted octanol–water partition coefficient (Wildman–Crippen LogP) is 1.55. The molecule has 6 nitrogen and oxygen atoms in total. The molecule has 0 aromatic heterocycles. The minimum atomic E-state index is -0.667. The van der Waals surface area contributed by atoms with Crippen LogP contribution in [0, 0.1) is 12.3 Å². The van der Waals surface area contributed by atoms with Gasteiger partial charge in [-0.3, -0.25) is 9.59 Å². The highest BCUT2D eigenvalue weighted by Gasteiger charge is 2.24. The zero-order valence-electron chi connectivity index (χ0n) is 14.8. The molecule has 0 atom stereocenters. The lowest BCUT2D eigenvalue weighted by Crippen LogP contribution is -2.32. The highest BCUT2D eigenvalue weighted by molar-refractivity contribution is 5.88. The number of hydrogen-bond donors (Lipinski definition) is 3. The topological polar surface area (TPSA) is 104 Å². The molecule has 1 rings (SSSR count). The van der Waals surface area contributed by atoms with Gasteiger partial charge in [-0.15, -0.1) is 0 Å². The summed E-state index contributed by atoms with van der Waals surface area (Å²) in [5.41, 5.74) is 2.07. The van der Waals surface area contributed by atoms with Crippen LogP contribution in [0.1, 0.15) is 52.1 Å². The Labute approximate surface area is 143 Å². The number of methoxy groups -OCH3 is 1. The Balaban J connectivity index is 0.000000506. The van der Waals surface area contributed by atoms with Gasteiger partial charge in [-0.1, -0.05) is 13.8 Å². The van der Waals surface area contributed by atoms with E-state index in [2.05, 4.69) is 0 Å². The van der Waals surface area contributed by atoms with Crippen LogP contribution < -0.4 is 4.74 Å². The molecular weight excluding hydrogens is 312 g/mol. The highest BCUT2D eigenvalue weighted by atomic mass is 16.5. The second-order valence-electron chi connectivity index (χ2n) is 5.61. The van der Waals surface area contributed by atoms with E-state index in [1.807, 2.05) is 13.8 Å². The number of aryl methyl sites for hydroxylation is 1. The van der Waals surface area contributed by atoms with Crippen LogP contribution in [0.4, 0.5) is 0 Å². The number of carbonyl (C=O) groups is 2. The number of aliphatic hydroxyl groups is 3. The number of ether oxygens (including phenoxy) is 1. The summed E-state index contributed by atoms with van der Waals surface area (Å²) in [6, 6.07) is 1.71. The average molecular weight is 340 g/mol. The van der Waals surface area contributed by atoms with Crippen molar-refractivity contribution in [2.75, 3.05) is 26.9 Å². The number of hydrogen-bond acceptors (Lipinski definition) is 6. The molecule has 0 saturated carbocycles. The second kappa shape index (κ2) is 10.9. The van der Waals surface area contributed by atoms with Crippen LogP contribution in [0.5, 0.6) is 5.75 Å². The minimum absolute atomic E-state index is 0.156. The summed E-state index contributed by atoms with van der Waals surface area (Å²) >= 11 is 0. The molecule has 0 spiro atoms. The van der Waals surface area contributed by atoms with Crippen molar-refractivity contribution in [1.82, 2.24) is 0 Å². The van der Waals surface area contributed by atoms with E-state index in [4.69, 9.17) is 20.1 Å². The maximum Gasteiger partial charge on any atom is 0.153 e. The molecular formula is C18H28O6. The van der Waals surface area contributed by atoms with E-state index in [1.165, 1.54) is 7.11 Å². The molecule has 0 aliphatic rings. The van der Waals surface area contributed by atoms with Crippen molar-refractivity contribution < 1.29 is 29.6 Å². The molecule has 0 unspecified atom stereocenters. The molecule has 6 heteroatoms. The van der Waals surface area contributed by atoms with Gasteiger partial charge in [-0.25, -0.2) is 0 Å². The van der Waals surface area contributed by atoms with Crippen LogP contribution >= 0.6 is 0 Å².